The topological polar surface area (TPSA) is 66.6 Å². The van der Waals surface area contributed by atoms with Gasteiger partial charge in [0, 0.05) is 26.2 Å². The standard InChI is InChI=1S/C11H21N3O2/c1-3-13(4-2)10(15)9-6-5-7-14(8-9)11(12)16/h9H,3-8H2,1-2H3,(H2,12,16). The molecule has 1 aliphatic heterocycles. The normalized spacial score (nSPS) is 20.6. The highest BCUT2D eigenvalue weighted by Gasteiger charge is 2.29. The van der Waals surface area contributed by atoms with Gasteiger partial charge in [-0.1, -0.05) is 0 Å². The van der Waals surface area contributed by atoms with E-state index < -0.39 is 6.03 Å². The molecule has 0 spiro atoms. The van der Waals surface area contributed by atoms with Gasteiger partial charge < -0.3 is 15.5 Å². The third kappa shape index (κ3) is 2.87. The van der Waals surface area contributed by atoms with Crippen LogP contribution < -0.4 is 5.73 Å². The van der Waals surface area contributed by atoms with Crippen molar-refractivity contribution in [2.24, 2.45) is 11.7 Å². The lowest BCUT2D eigenvalue weighted by Gasteiger charge is -2.33. The number of carbonyl (C=O) groups excluding carboxylic acids is 2. The summed E-state index contributed by atoms with van der Waals surface area (Å²) in [6.07, 6.45) is 1.72. The van der Waals surface area contributed by atoms with E-state index in [9.17, 15) is 9.59 Å². The molecule has 0 aromatic heterocycles. The smallest absolute Gasteiger partial charge is 0.314 e. The second kappa shape index (κ2) is 5.72. The van der Waals surface area contributed by atoms with Crippen molar-refractivity contribution in [2.75, 3.05) is 26.2 Å². The second-order valence-electron chi connectivity index (χ2n) is 4.13. The Labute approximate surface area is 96.6 Å². The Morgan fingerprint density at radius 2 is 2.00 bits per heavy atom. The van der Waals surface area contributed by atoms with Crippen LogP contribution in [0.5, 0.6) is 0 Å². The largest absolute Gasteiger partial charge is 0.351 e. The van der Waals surface area contributed by atoms with Crippen LogP contribution in [0.25, 0.3) is 0 Å². The predicted molar refractivity (Wildman–Crippen MR) is 61.8 cm³/mol. The number of nitrogens with two attached hydrogens (primary N) is 1. The maximum atomic E-state index is 12.1. The lowest BCUT2D eigenvalue weighted by atomic mass is 9.96. The molecule has 0 aromatic carbocycles. The molecule has 1 atom stereocenters. The maximum Gasteiger partial charge on any atom is 0.314 e. The van der Waals surface area contributed by atoms with Gasteiger partial charge in [0.25, 0.3) is 0 Å². The van der Waals surface area contributed by atoms with Gasteiger partial charge in [0.15, 0.2) is 0 Å². The van der Waals surface area contributed by atoms with Gasteiger partial charge in [-0.15, -0.1) is 0 Å². The Morgan fingerprint density at radius 3 is 2.50 bits per heavy atom. The fourth-order valence-corrected chi connectivity index (χ4v) is 2.17. The van der Waals surface area contributed by atoms with Crippen molar-refractivity contribution in [3.8, 4) is 0 Å². The van der Waals surface area contributed by atoms with Gasteiger partial charge >= 0.3 is 6.03 Å². The number of rotatable bonds is 3. The zero-order valence-corrected chi connectivity index (χ0v) is 10.1. The van der Waals surface area contributed by atoms with Gasteiger partial charge in [0.1, 0.15) is 0 Å². The molecule has 0 bridgehead atoms. The minimum atomic E-state index is -0.419. The predicted octanol–water partition coefficient (Wildman–Crippen LogP) is 0.646. The number of urea groups is 1. The van der Waals surface area contributed by atoms with Gasteiger partial charge in [0.05, 0.1) is 5.92 Å². The highest BCUT2D eigenvalue weighted by molar-refractivity contribution is 5.80. The van der Waals surface area contributed by atoms with Crippen molar-refractivity contribution in [3.63, 3.8) is 0 Å². The third-order valence-electron chi connectivity index (χ3n) is 3.16. The fourth-order valence-electron chi connectivity index (χ4n) is 2.17. The first-order valence-electron chi connectivity index (χ1n) is 5.93. The van der Waals surface area contributed by atoms with Crippen LogP contribution in [0, 0.1) is 5.92 Å². The number of primary amides is 1. The Balaban J connectivity index is 2.59. The van der Waals surface area contributed by atoms with Crippen LogP contribution in [0.1, 0.15) is 26.7 Å². The minimum absolute atomic E-state index is 0.0684. The number of carbonyl (C=O) groups is 2. The molecule has 0 saturated carbocycles. The maximum absolute atomic E-state index is 12.1. The summed E-state index contributed by atoms with van der Waals surface area (Å²) in [6, 6.07) is -0.419. The van der Waals surface area contributed by atoms with Crippen LogP contribution in [0.3, 0.4) is 0 Å². The van der Waals surface area contributed by atoms with E-state index in [0.29, 0.717) is 13.1 Å². The number of nitrogens with zero attached hydrogens (tertiary/aromatic N) is 2. The number of likely N-dealkylation sites (tertiary alicyclic amines) is 1. The van der Waals surface area contributed by atoms with Crippen LogP contribution in [-0.2, 0) is 4.79 Å². The Morgan fingerprint density at radius 1 is 1.38 bits per heavy atom. The fraction of sp³-hybridized carbons (Fsp3) is 0.818. The Hall–Kier alpha value is -1.26. The SMILES string of the molecule is CCN(CC)C(=O)C1CCCN(C(N)=O)C1. The molecule has 3 amide bonds. The van der Waals surface area contributed by atoms with Crippen LogP contribution in [-0.4, -0.2) is 47.9 Å². The van der Waals surface area contributed by atoms with Gasteiger partial charge in [-0.25, -0.2) is 4.79 Å². The molecule has 16 heavy (non-hydrogen) atoms. The molecule has 1 saturated heterocycles. The van der Waals surface area contributed by atoms with Gasteiger partial charge in [-0.2, -0.15) is 0 Å². The van der Waals surface area contributed by atoms with E-state index in [0.717, 1.165) is 25.9 Å². The first-order chi connectivity index (χ1) is 7.60. The van der Waals surface area contributed by atoms with E-state index in [4.69, 9.17) is 5.73 Å². The molecule has 92 valence electrons. The first kappa shape index (κ1) is 12.8. The Bertz CT molecular complexity index is 264. The van der Waals surface area contributed by atoms with Crippen molar-refractivity contribution in [1.29, 1.82) is 0 Å². The second-order valence-corrected chi connectivity index (χ2v) is 4.13. The molecule has 0 radical (unpaired) electrons. The number of piperidine rings is 1. The van der Waals surface area contributed by atoms with E-state index in [1.54, 1.807) is 4.90 Å². The highest BCUT2D eigenvalue weighted by atomic mass is 16.2. The number of hydrogen-bond acceptors (Lipinski definition) is 2. The minimum Gasteiger partial charge on any atom is -0.351 e. The summed E-state index contributed by atoms with van der Waals surface area (Å²) in [5, 5.41) is 0. The summed E-state index contributed by atoms with van der Waals surface area (Å²) in [6.45, 7) is 6.54. The quantitative estimate of drug-likeness (QED) is 0.769. The Kier molecular flexibility index (Phi) is 4.58. The molecular formula is C11H21N3O2. The summed E-state index contributed by atoms with van der Waals surface area (Å²) in [4.78, 5) is 26.5. The van der Waals surface area contributed by atoms with Crippen molar-refractivity contribution in [2.45, 2.75) is 26.7 Å². The molecule has 1 rings (SSSR count). The van der Waals surface area contributed by atoms with E-state index in [-0.39, 0.29) is 11.8 Å². The van der Waals surface area contributed by atoms with Gasteiger partial charge in [0.2, 0.25) is 5.91 Å². The van der Waals surface area contributed by atoms with Crippen molar-refractivity contribution in [3.05, 3.63) is 0 Å². The summed E-state index contributed by atoms with van der Waals surface area (Å²) >= 11 is 0. The molecule has 1 aliphatic rings. The van der Waals surface area contributed by atoms with Crippen LogP contribution >= 0.6 is 0 Å². The summed E-state index contributed by atoms with van der Waals surface area (Å²) in [5.41, 5.74) is 5.23. The van der Waals surface area contributed by atoms with E-state index in [1.807, 2.05) is 18.7 Å². The lowest BCUT2D eigenvalue weighted by molar-refractivity contribution is -0.136. The highest BCUT2D eigenvalue weighted by Crippen LogP contribution is 2.18. The molecule has 1 unspecified atom stereocenters. The molecule has 0 aliphatic carbocycles. The van der Waals surface area contributed by atoms with Crippen molar-refractivity contribution >= 4 is 11.9 Å². The molecule has 2 N–H and O–H groups in total. The van der Waals surface area contributed by atoms with Crippen LogP contribution in [0.4, 0.5) is 4.79 Å². The van der Waals surface area contributed by atoms with Gasteiger partial charge in [-0.3, -0.25) is 4.79 Å². The molecule has 0 aromatic rings. The van der Waals surface area contributed by atoms with E-state index in [2.05, 4.69) is 0 Å². The zero-order chi connectivity index (χ0) is 12.1. The van der Waals surface area contributed by atoms with E-state index >= 15 is 0 Å². The van der Waals surface area contributed by atoms with Crippen molar-refractivity contribution < 1.29 is 9.59 Å². The monoisotopic (exact) mass is 227 g/mol. The van der Waals surface area contributed by atoms with Crippen LogP contribution in [0.2, 0.25) is 0 Å². The number of amides is 3. The van der Waals surface area contributed by atoms with Crippen molar-refractivity contribution in [1.82, 2.24) is 9.80 Å². The van der Waals surface area contributed by atoms with Gasteiger partial charge in [-0.05, 0) is 26.7 Å². The summed E-state index contributed by atoms with van der Waals surface area (Å²) in [5.74, 6) is 0.0806. The molecule has 1 fully saturated rings. The summed E-state index contributed by atoms with van der Waals surface area (Å²) in [7, 11) is 0. The first-order valence-corrected chi connectivity index (χ1v) is 5.93. The average molecular weight is 227 g/mol. The average Bonchev–Trinajstić information content (AvgIpc) is 2.30. The molecule has 5 nitrogen and oxygen atoms in total. The number of hydrogen-bond donors (Lipinski definition) is 1. The lowest BCUT2D eigenvalue weighted by Crippen LogP contribution is -2.48. The molecule has 1 heterocycles. The third-order valence-corrected chi connectivity index (χ3v) is 3.16. The zero-order valence-electron chi connectivity index (χ0n) is 10.1. The van der Waals surface area contributed by atoms with E-state index in [1.165, 1.54) is 0 Å². The molecule has 5 heteroatoms. The molecular weight excluding hydrogens is 206 g/mol. The summed E-state index contributed by atoms with van der Waals surface area (Å²) < 4.78 is 0. The van der Waals surface area contributed by atoms with Crippen LogP contribution in [0.15, 0.2) is 0 Å².